The number of ether oxygens (including phenoxy) is 2. The summed E-state index contributed by atoms with van der Waals surface area (Å²) in [5.74, 6) is 2.30. The second-order valence-electron chi connectivity index (χ2n) is 7.51. The third-order valence-electron chi connectivity index (χ3n) is 5.23. The predicted octanol–water partition coefficient (Wildman–Crippen LogP) is 5.73. The van der Waals surface area contributed by atoms with E-state index in [-0.39, 0.29) is 0 Å². The van der Waals surface area contributed by atoms with E-state index in [9.17, 15) is 0 Å². The van der Waals surface area contributed by atoms with Crippen LogP contribution in [0.25, 0.3) is 11.3 Å². The quantitative estimate of drug-likeness (QED) is 0.342. The van der Waals surface area contributed by atoms with Crippen LogP contribution in [0.4, 0.5) is 5.82 Å². The van der Waals surface area contributed by atoms with Crippen LogP contribution in [-0.4, -0.2) is 29.2 Å². The summed E-state index contributed by atoms with van der Waals surface area (Å²) in [5, 5.41) is 3.31. The number of thiocarbonyl (C=S) groups is 1. The molecule has 0 bridgehead atoms. The van der Waals surface area contributed by atoms with Gasteiger partial charge in [-0.2, -0.15) is 0 Å². The van der Waals surface area contributed by atoms with Crippen LogP contribution in [0.5, 0.6) is 11.5 Å². The topological polar surface area (TPSA) is 56.3 Å². The monoisotopic (exact) mass is 455 g/mol. The second kappa shape index (κ2) is 10.7. The Labute approximate surface area is 199 Å². The highest BCUT2D eigenvalue weighted by Crippen LogP contribution is 2.24. The number of hydrogen-bond acceptors (Lipinski definition) is 5. The van der Waals surface area contributed by atoms with Gasteiger partial charge in [-0.3, -0.25) is 0 Å². The first-order valence-corrected chi connectivity index (χ1v) is 11.0. The molecule has 0 unspecified atom stereocenters. The van der Waals surface area contributed by atoms with Gasteiger partial charge in [0, 0.05) is 18.4 Å². The molecular weight excluding hydrogens is 430 g/mol. The molecule has 0 radical (unpaired) electrons. The van der Waals surface area contributed by atoms with Gasteiger partial charge in [-0.25, -0.2) is 9.97 Å². The van der Waals surface area contributed by atoms with Gasteiger partial charge >= 0.3 is 0 Å². The molecule has 6 heteroatoms. The molecule has 4 rings (SSSR count). The standard InChI is InChI=1S/C27H25N3O2S/c1-31-22-12-8-20(9-13-22)17-26(33)30-27-24(16-19-6-4-3-5-7-19)29-25(18-28-27)21-10-14-23(32-2)15-11-21/h3-15,18H,16-17H2,1-2H3,(H,28,30,33). The Morgan fingerprint density at radius 1 is 0.818 bits per heavy atom. The third-order valence-corrected chi connectivity index (χ3v) is 5.47. The van der Waals surface area contributed by atoms with Crippen LogP contribution >= 0.6 is 12.2 Å². The average Bonchev–Trinajstić information content (AvgIpc) is 2.86. The fourth-order valence-electron chi connectivity index (χ4n) is 3.45. The van der Waals surface area contributed by atoms with Crippen LogP contribution in [0.1, 0.15) is 16.8 Å². The van der Waals surface area contributed by atoms with E-state index in [4.69, 9.17) is 31.7 Å². The maximum absolute atomic E-state index is 5.63. The lowest BCUT2D eigenvalue weighted by Crippen LogP contribution is -2.16. The first kappa shape index (κ1) is 22.4. The molecule has 166 valence electrons. The van der Waals surface area contributed by atoms with E-state index in [2.05, 4.69) is 17.4 Å². The Morgan fingerprint density at radius 2 is 1.45 bits per heavy atom. The molecule has 0 amide bonds. The van der Waals surface area contributed by atoms with Gasteiger partial charge in [0.25, 0.3) is 0 Å². The maximum Gasteiger partial charge on any atom is 0.152 e. The molecule has 1 heterocycles. The lowest BCUT2D eigenvalue weighted by atomic mass is 10.1. The van der Waals surface area contributed by atoms with Crippen LogP contribution in [0.2, 0.25) is 0 Å². The molecule has 1 N–H and O–H groups in total. The van der Waals surface area contributed by atoms with Crippen molar-refractivity contribution in [2.45, 2.75) is 12.8 Å². The lowest BCUT2D eigenvalue weighted by Gasteiger charge is -2.13. The van der Waals surface area contributed by atoms with Gasteiger partial charge in [0.2, 0.25) is 0 Å². The Bertz CT molecular complexity index is 1210. The zero-order valence-electron chi connectivity index (χ0n) is 18.6. The van der Waals surface area contributed by atoms with Crippen molar-refractivity contribution in [3.05, 3.63) is 102 Å². The number of nitrogens with one attached hydrogen (secondary N) is 1. The van der Waals surface area contributed by atoms with Gasteiger partial charge in [0.05, 0.1) is 36.8 Å². The van der Waals surface area contributed by atoms with Crippen molar-refractivity contribution in [1.29, 1.82) is 0 Å². The summed E-state index contributed by atoms with van der Waals surface area (Å²) in [6, 6.07) is 25.9. The maximum atomic E-state index is 5.63. The molecule has 4 aromatic rings. The van der Waals surface area contributed by atoms with Gasteiger partial charge in [0.15, 0.2) is 5.82 Å². The SMILES string of the molecule is COc1ccc(CC(=S)Nc2ncc(-c3ccc(OC)cc3)nc2Cc2ccccc2)cc1. The van der Waals surface area contributed by atoms with Crippen molar-refractivity contribution in [2.24, 2.45) is 0 Å². The van der Waals surface area contributed by atoms with Gasteiger partial charge in [-0.1, -0.05) is 54.7 Å². The molecule has 5 nitrogen and oxygen atoms in total. The summed E-state index contributed by atoms with van der Waals surface area (Å²) in [4.78, 5) is 10.3. The minimum Gasteiger partial charge on any atom is -0.497 e. The summed E-state index contributed by atoms with van der Waals surface area (Å²) >= 11 is 5.63. The zero-order valence-corrected chi connectivity index (χ0v) is 19.4. The molecular formula is C27H25N3O2S. The molecule has 0 saturated carbocycles. The largest absolute Gasteiger partial charge is 0.497 e. The van der Waals surface area contributed by atoms with Crippen molar-refractivity contribution in [3.8, 4) is 22.8 Å². The summed E-state index contributed by atoms with van der Waals surface area (Å²) in [5.41, 5.74) is 4.87. The summed E-state index contributed by atoms with van der Waals surface area (Å²) in [6.07, 6.45) is 3.02. The first-order valence-electron chi connectivity index (χ1n) is 10.6. The van der Waals surface area contributed by atoms with Gasteiger partial charge in [0.1, 0.15) is 11.5 Å². The number of nitrogens with zero attached hydrogens (tertiary/aromatic N) is 2. The minimum absolute atomic E-state index is 0.603. The van der Waals surface area contributed by atoms with Crippen molar-refractivity contribution < 1.29 is 9.47 Å². The Morgan fingerprint density at radius 3 is 2.09 bits per heavy atom. The average molecular weight is 456 g/mol. The van der Waals surface area contributed by atoms with Crippen LogP contribution in [0.15, 0.2) is 85.1 Å². The molecule has 0 aliphatic heterocycles. The number of aromatic nitrogens is 2. The van der Waals surface area contributed by atoms with E-state index in [0.717, 1.165) is 39.6 Å². The zero-order chi connectivity index (χ0) is 23.0. The molecule has 33 heavy (non-hydrogen) atoms. The molecule has 1 aromatic heterocycles. The van der Waals surface area contributed by atoms with Crippen molar-refractivity contribution in [2.75, 3.05) is 19.5 Å². The molecule has 0 aliphatic rings. The molecule has 0 atom stereocenters. The van der Waals surface area contributed by atoms with E-state index >= 15 is 0 Å². The van der Waals surface area contributed by atoms with E-state index in [1.807, 2.05) is 66.7 Å². The van der Waals surface area contributed by atoms with Crippen molar-refractivity contribution >= 4 is 23.0 Å². The Hall–Kier alpha value is -3.77. The van der Waals surface area contributed by atoms with Crippen LogP contribution in [0, 0.1) is 0 Å². The highest BCUT2D eigenvalue weighted by Gasteiger charge is 2.12. The van der Waals surface area contributed by atoms with E-state index in [0.29, 0.717) is 23.6 Å². The van der Waals surface area contributed by atoms with E-state index in [1.54, 1.807) is 20.4 Å². The Balaban J connectivity index is 1.58. The number of benzene rings is 3. The van der Waals surface area contributed by atoms with Gasteiger partial charge < -0.3 is 14.8 Å². The highest BCUT2D eigenvalue weighted by molar-refractivity contribution is 7.80. The Kier molecular flexibility index (Phi) is 7.27. The first-order chi connectivity index (χ1) is 16.1. The fourth-order valence-corrected chi connectivity index (χ4v) is 3.71. The highest BCUT2D eigenvalue weighted by atomic mass is 32.1. The lowest BCUT2D eigenvalue weighted by molar-refractivity contribution is 0.414. The molecule has 0 aliphatic carbocycles. The number of rotatable bonds is 8. The van der Waals surface area contributed by atoms with Gasteiger partial charge in [-0.15, -0.1) is 0 Å². The summed E-state index contributed by atoms with van der Waals surface area (Å²) in [6.45, 7) is 0. The van der Waals surface area contributed by atoms with E-state index in [1.165, 1.54) is 0 Å². The van der Waals surface area contributed by atoms with Crippen LogP contribution < -0.4 is 14.8 Å². The molecule has 0 spiro atoms. The number of hydrogen-bond donors (Lipinski definition) is 1. The smallest absolute Gasteiger partial charge is 0.152 e. The summed E-state index contributed by atoms with van der Waals surface area (Å²) in [7, 11) is 3.31. The van der Waals surface area contributed by atoms with Crippen molar-refractivity contribution in [3.63, 3.8) is 0 Å². The van der Waals surface area contributed by atoms with Crippen LogP contribution in [-0.2, 0) is 12.8 Å². The number of anilines is 1. The van der Waals surface area contributed by atoms with Crippen LogP contribution in [0.3, 0.4) is 0 Å². The van der Waals surface area contributed by atoms with Crippen molar-refractivity contribution in [1.82, 2.24) is 9.97 Å². The normalized spacial score (nSPS) is 10.5. The third kappa shape index (κ3) is 5.93. The predicted molar refractivity (Wildman–Crippen MR) is 136 cm³/mol. The van der Waals surface area contributed by atoms with Gasteiger partial charge in [-0.05, 0) is 47.5 Å². The fraction of sp³-hybridized carbons (Fsp3) is 0.148. The molecule has 0 fully saturated rings. The second-order valence-corrected chi connectivity index (χ2v) is 8.01. The minimum atomic E-state index is 0.603. The molecule has 0 saturated heterocycles. The van der Waals surface area contributed by atoms with E-state index < -0.39 is 0 Å². The summed E-state index contributed by atoms with van der Waals surface area (Å²) < 4.78 is 10.5. The molecule has 3 aromatic carbocycles. The number of methoxy groups -OCH3 is 2.